The number of carbonyl (C=O) groups is 5. The lowest BCUT2D eigenvalue weighted by atomic mass is 9.64. The molecule has 4 amide bonds. The van der Waals surface area contributed by atoms with Crippen LogP contribution in [0.5, 0.6) is 5.75 Å². The first-order valence-corrected chi connectivity index (χ1v) is 11.0. The van der Waals surface area contributed by atoms with Gasteiger partial charge in [0.05, 0.1) is 6.10 Å². The van der Waals surface area contributed by atoms with Crippen LogP contribution < -0.4 is 9.97 Å². The number of Topliss-reactive ketones (excluding diaryl/α,β-unsaturated/α-hetero) is 1. The van der Waals surface area contributed by atoms with E-state index in [1.165, 1.54) is 17.9 Å². The summed E-state index contributed by atoms with van der Waals surface area (Å²) >= 11 is 0. The number of rotatable bonds is 7. The Balaban J connectivity index is 1.71. The normalized spacial score (nSPS) is 19.6. The van der Waals surface area contributed by atoms with Crippen molar-refractivity contribution in [3.05, 3.63) is 29.1 Å². The van der Waals surface area contributed by atoms with Crippen molar-refractivity contribution in [2.24, 2.45) is 0 Å². The molecule has 14 heteroatoms. The molecule has 1 saturated heterocycles. The van der Waals surface area contributed by atoms with E-state index in [9.17, 15) is 43.6 Å². The second-order valence-electron chi connectivity index (χ2n) is 8.37. The number of nitrogens with one attached hydrogen (secondary N) is 1. The molecule has 188 valence electrons. The average molecular weight is 493 g/mol. The van der Waals surface area contributed by atoms with E-state index in [0.717, 1.165) is 6.07 Å². The van der Waals surface area contributed by atoms with Crippen molar-refractivity contribution in [3.63, 3.8) is 0 Å². The first kappa shape index (κ1) is 26.1. The highest BCUT2D eigenvalue weighted by atomic mass is 19.1. The first-order valence-electron chi connectivity index (χ1n) is 11.0. The number of aliphatic hydroxyl groups is 1. The molecule has 4 N–H and O–H groups in total. The van der Waals surface area contributed by atoms with Gasteiger partial charge in [-0.3, -0.25) is 19.3 Å². The number of hydrogen-bond acceptors (Lipinski definition) is 8. The Bertz CT molecular complexity index is 1070. The van der Waals surface area contributed by atoms with Gasteiger partial charge in [0.15, 0.2) is 5.78 Å². The zero-order chi connectivity index (χ0) is 26.0. The van der Waals surface area contributed by atoms with E-state index < -0.39 is 72.5 Å². The minimum Gasteiger partial charge on any atom is -0.535 e. The summed E-state index contributed by atoms with van der Waals surface area (Å²) < 4.78 is 19.1. The summed E-state index contributed by atoms with van der Waals surface area (Å²) in [6.07, 6.45) is -1.81. The Morgan fingerprint density at radius 3 is 2.54 bits per heavy atom. The molecule has 2 aliphatic rings. The van der Waals surface area contributed by atoms with Gasteiger partial charge in [-0.1, -0.05) is 6.07 Å². The third kappa shape index (κ3) is 5.27. The van der Waals surface area contributed by atoms with Crippen molar-refractivity contribution in [3.8, 4) is 5.75 Å². The molecule has 0 spiro atoms. The number of fused-ring (bicyclic) bond motifs is 1. The van der Waals surface area contributed by atoms with Crippen LogP contribution in [0.25, 0.3) is 0 Å². The lowest BCUT2D eigenvalue weighted by molar-refractivity contribution is -0.153. The van der Waals surface area contributed by atoms with Gasteiger partial charge in [-0.15, -0.1) is 0 Å². The van der Waals surface area contributed by atoms with Crippen molar-refractivity contribution in [1.29, 1.82) is 0 Å². The number of carboxylic acid groups (broad SMARTS) is 1. The highest BCUT2D eigenvalue weighted by Gasteiger charge is 2.42. The highest BCUT2D eigenvalue weighted by molar-refractivity contribution is 6.47. The maximum Gasteiger partial charge on any atom is 0.526 e. The number of benzene rings is 1. The molecule has 0 saturated carbocycles. The number of halogens is 1. The highest BCUT2D eigenvalue weighted by Crippen LogP contribution is 2.37. The van der Waals surface area contributed by atoms with Crippen molar-refractivity contribution < 1.29 is 48.3 Å². The fourth-order valence-corrected chi connectivity index (χ4v) is 4.11. The number of urea groups is 1. The number of amides is 4. The Kier molecular flexibility index (Phi) is 7.75. The van der Waals surface area contributed by atoms with Crippen LogP contribution in [0.3, 0.4) is 0 Å². The molecule has 1 fully saturated rings. The molecule has 1 aromatic carbocycles. The summed E-state index contributed by atoms with van der Waals surface area (Å²) in [4.78, 5) is 63.1. The molecule has 0 bridgehead atoms. The second-order valence-corrected chi connectivity index (χ2v) is 8.37. The smallest absolute Gasteiger partial charge is 0.526 e. The Hall–Kier alpha value is -3.52. The van der Waals surface area contributed by atoms with Crippen LogP contribution in [0.15, 0.2) is 12.1 Å². The number of likely N-dealkylation sites (N-methyl/N-ethyl adjacent to an activating group) is 1. The van der Waals surface area contributed by atoms with E-state index in [1.807, 2.05) is 0 Å². The molecule has 2 aliphatic heterocycles. The Morgan fingerprint density at radius 1 is 1.26 bits per heavy atom. The fraction of sp³-hybridized carbons (Fsp3) is 0.476. The molecule has 1 unspecified atom stereocenters. The van der Waals surface area contributed by atoms with Gasteiger partial charge < -0.3 is 30.1 Å². The van der Waals surface area contributed by atoms with Crippen LogP contribution >= 0.6 is 0 Å². The molecular formula is C21H25BFN3O9. The first-order chi connectivity index (χ1) is 16.5. The molecule has 1 aromatic rings. The summed E-state index contributed by atoms with van der Waals surface area (Å²) in [6, 6.07) is -0.262. The second kappa shape index (κ2) is 10.4. The van der Waals surface area contributed by atoms with E-state index in [4.69, 9.17) is 4.65 Å². The minimum absolute atomic E-state index is 0.0325. The van der Waals surface area contributed by atoms with E-state index >= 15 is 0 Å². The summed E-state index contributed by atoms with van der Waals surface area (Å²) in [5, 5.41) is 31.9. The number of nitrogens with zero attached hydrogens (tertiary/aromatic N) is 2. The van der Waals surface area contributed by atoms with Crippen molar-refractivity contribution in [2.75, 3.05) is 19.6 Å². The molecule has 0 radical (unpaired) electrons. The molecule has 0 aliphatic carbocycles. The zero-order valence-corrected chi connectivity index (χ0v) is 19.1. The monoisotopic (exact) mass is 493 g/mol. The van der Waals surface area contributed by atoms with Crippen molar-refractivity contribution in [2.45, 2.75) is 44.7 Å². The summed E-state index contributed by atoms with van der Waals surface area (Å²) in [6.45, 7) is 3.27. The number of carboxylic acids is 1. The number of aromatic carboxylic acids is 1. The predicted octanol–water partition coefficient (Wildman–Crippen LogP) is -0.582. The molecule has 3 rings (SSSR count). The zero-order valence-electron chi connectivity index (χ0n) is 19.1. The van der Waals surface area contributed by atoms with Gasteiger partial charge in [0.1, 0.15) is 23.2 Å². The number of piperazine rings is 1. The van der Waals surface area contributed by atoms with E-state index in [1.54, 1.807) is 6.92 Å². The largest absolute Gasteiger partial charge is 0.535 e. The summed E-state index contributed by atoms with van der Waals surface area (Å²) in [5.41, 5.74) is -0.467. The summed E-state index contributed by atoms with van der Waals surface area (Å²) in [5.74, 6) is -6.45. The van der Waals surface area contributed by atoms with Gasteiger partial charge in [-0.25, -0.2) is 14.0 Å². The summed E-state index contributed by atoms with van der Waals surface area (Å²) in [7, 11) is -1.65. The lowest BCUT2D eigenvalue weighted by Crippen LogP contribution is -2.61. The van der Waals surface area contributed by atoms with Gasteiger partial charge >= 0.3 is 30.9 Å². The third-order valence-corrected chi connectivity index (χ3v) is 6.03. The van der Waals surface area contributed by atoms with Gasteiger partial charge in [0.25, 0.3) is 0 Å². The molecule has 0 aromatic heterocycles. The van der Waals surface area contributed by atoms with Crippen LogP contribution in [0.2, 0.25) is 5.82 Å². The number of carbonyl (C=O) groups excluding carboxylic acids is 4. The lowest BCUT2D eigenvalue weighted by Gasteiger charge is -2.33. The van der Waals surface area contributed by atoms with E-state index in [-0.39, 0.29) is 30.8 Å². The van der Waals surface area contributed by atoms with Crippen molar-refractivity contribution >= 4 is 36.7 Å². The fourth-order valence-electron chi connectivity index (χ4n) is 4.11. The molecule has 3 atom stereocenters. The van der Waals surface area contributed by atoms with Crippen LogP contribution in [0.4, 0.5) is 9.18 Å². The number of aliphatic hydroxyl groups excluding tert-OH is 1. The van der Waals surface area contributed by atoms with Crippen molar-refractivity contribution in [1.82, 2.24) is 15.1 Å². The molecular weight excluding hydrogens is 468 g/mol. The van der Waals surface area contributed by atoms with Gasteiger partial charge in [-0.05, 0) is 31.9 Å². The molecule has 12 nitrogen and oxygen atoms in total. The minimum atomic E-state index is -1.65. The van der Waals surface area contributed by atoms with E-state index in [2.05, 4.69) is 5.32 Å². The number of imide groups is 1. The Labute approximate surface area is 199 Å². The Morgan fingerprint density at radius 2 is 1.94 bits per heavy atom. The predicted molar refractivity (Wildman–Crippen MR) is 117 cm³/mol. The van der Waals surface area contributed by atoms with Crippen LogP contribution in [0, 0.1) is 5.82 Å². The number of hydrogen-bond donors (Lipinski definition) is 4. The third-order valence-electron chi connectivity index (χ3n) is 6.03. The van der Waals surface area contributed by atoms with Gasteiger partial charge in [-0.2, -0.15) is 0 Å². The molecule has 2 heterocycles. The van der Waals surface area contributed by atoms with Crippen LogP contribution in [-0.4, -0.2) is 93.5 Å². The van der Waals surface area contributed by atoms with E-state index in [0.29, 0.717) is 11.4 Å². The SMILES string of the molecule is CCN1CCN(C(=O)NC(C(=O)C[C@H]2Cc3ccc(F)c(C(=O)O)c3OB2O)[C@@H](C)O)C(=O)C1=O. The van der Waals surface area contributed by atoms with Gasteiger partial charge in [0, 0.05) is 31.9 Å². The average Bonchev–Trinajstić information content (AvgIpc) is 2.79. The molecule has 35 heavy (non-hydrogen) atoms. The maximum atomic E-state index is 13.9. The van der Waals surface area contributed by atoms with Crippen LogP contribution in [0.1, 0.15) is 36.2 Å². The number of ketones is 1. The standard InChI is InChI=1S/C21H25BFN3O9/c1-3-25-6-7-26(19(30)18(25)29)21(33)24-16(10(2)27)14(28)9-12-8-11-4-5-13(23)15(20(31)32)17(11)35-22(12)34/h4-5,10,12,16,27,34H,3,6-9H2,1-2H3,(H,24,33)(H,31,32)/t10-,12-,16?/m1/s1. The van der Waals surface area contributed by atoms with Crippen LogP contribution in [-0.2, 0) is 20.8 Å². The maximum absolute atomic E-state index is 13.9. The topological polar surface area (TPSA) is 174 Å². The van der Waals surface area contributed by atoms with Gasteiger partial charge in [0.2, 0.25) is 0 Å². The quantitative estimate of drug-likeness (QED) is 0.286.